The number of rotatable bonds is 3. The molecule has 3 aromatic rings. The number of hydrogen-bond acceptors (Lipinski definition) is 5. The fourth-order valence-corrected chi connectivity index (χ4v) is 1.88. The van der Waals surface area contributed by atoms with Crippen LogP contribution in [0.4, 0.5) is 11.6 Å². The first-order valence-electron chi connectivity index (χ1n) is 5.93. The lowest BCUT2D eigenvalue weighted by molar-refractivity contribution is 1.06. The van der Waals surface area contributed by atoms with Gasteiger partial charge in [-0.25, -0.2) is 9.97 Å². The Bertz CT molecular complexity index is 718. The lowest BCUT2D eigenvalue weighted by atomic mass is 10.2. The molecule has 1 aromatic carbocycles. The van der Waals surface area contributed by atoms with Gasteiger partial charge in [-0.05, 0) is 30.3 Å². The number of nitrogens with one attached hydrogen (secondary N) is 1. The number of anilines is 2. The maximum Gasteiger partial charge on any atom is 0.230 e. The molecule has 0 saturated heterocycles. The molecule has 98 valence electrons. The van der Waals surface area contributed by atoms with Crippen molar-refractivity contribution in [1.82, 2.24) is 19.9 Å². The number of aromatic nitrogens is 4. The van der Waals surface area contributed by atoms with Crippen molar-refractivity contribution in [3.05, 3.63) is 60.1 Å². The van der Waals surface area contributed by atoms with Crippen molar-refractivity contribution >= 4 is 23.2 Å². The minimum atomic E-state index is 0.467. The second kappa shape index (κ2) is 5.63. The molecule has 0 bridgehead atoms. The fourth-order valence-electron chi connectivity index (χ4n) is 1.69. The van der Waals surface area contributed by atoms with Crippen LogP contribution in [0, 0.1) is 0 Å². The highest BCUT2D eigenvalue weighted by molar-refractivity contribution is 6.30. The molecular formula is C14H10ClN5. The second-order valence-electron chi connectivity index (χ2n) is 4.00. The highest BCUT2D eigenvalue weighted by Gasteiger charge is 2.04. The van der Waals surface area contributed by atoms with E-state index in [0.717, 1.165) is 11.3 Å². The summed E-state index contributed by atoms with van der Waals surface area (Å²) in [6.07, 6.45) is 4.86. The van der Waals surface area contributed by atoms with Gasteiger partial charge in [-0.2, -0.15) is 4.98 Å². The van der Waals surface area contributed by atoms with Gasteiger partial charge >= 0.3 is 0 Å². The van der Waals surface area contributed by atoms with Crippen molar-refractivity contribution in [3.63, 3.8) is 0 Å². The molecule has 3 rings (SSSR count). The Hall–Kier alpha value is -2.53. The van der Waals surface area contributed by atoms with Gasteiger partial charge in [0.15, 0.2) is 5.82 Å². The Balaban J connectivity index is 1.88. The summed E-state index contributed by atoms with van der Waals surface area (Å²) in [6.45, 7) is 0. The Morgan fingerprint density at radius 1 is 1.00 bits per heavy atom. The Morgan fingerprint density at radius 3 is 2.65 bits per heavy atom. The Labute approximate surface area is 120 Å². The zero-order chi connectivity index (χ0) is 13.8. The van der Waals surface area contributed by atoms with Crippen molar-refractivity contribution in [2.45, 2.75) is 0 Å². The minimum Gasteiger partial charge on any atom is -0.324 e. The van der Waals surface area contributed by atoms with Gasteiger partial charge < -0.3 is 5.32 Å². The quantitative estimate of drug-likeness (QED) is 0.799. The first-order chi connectivity index (χ1) is 9.81. The van der Waals surface area contributed by atoms with Gasteiger partial charge in [0.05, 0.1) is 0 Å². The standard InChI is InChI=1S/C14H10ClN5/c15-11-2-1-3-12(8-11)19-14-18-9-17-13(20-14)10-4-6-16-7-5-10/h1-9H,(H,17,18,19,20). The molecule has 20 heavy (non-hydrogen) atoms. The fraction of sp³-hybridized carbons (Fsp3) is 0. The molecule has 0 aliphatic rings. The summed E-state index contributed by atoms with van der Waals surface area (Å²) < 4.78 is 0. The van der Waals surface area contributed by atoms with E-state index < -0.39 is 0 Å². The van der Waals surface area contributed by atoms with Crippen LogP contribution in [0.3, 0.4) is 0 Å². The first-order valence-corrected chi connectivity index (χ1v) is 6.31. The zero-order valence-electron chi connectivity index (χ0n) is 10.4. The number of hydrogen-bond donors (Lipinski definition) is 1. The molecule has 0 atom stereocenters. The summed E-state index contributed by atoms with van der Waals surface area (Å²) >= 11 is 5.94. The van der Waals surface area contributed by atoms with Crippen LogP contribution in [-0.4, -0.2) is 19.9 Å². The normalized spacial score (nSPS) is 10.2. The molecular weight excluding hydrogens is 274 g/mol. The van der Waals surface area contributed by atoms with E-state index >= 15 is 0 Å². The summed E-state index contributed by atoms with van der Waals surface area (Å²) in [4.78, 5) is 16.6. The average Bonchev–Trinajstić information content (AvgIpc) is 2.48. The van der Waals surface area contributed by atoms with Gasteiger partial charge in [0, 0.05) is 28.7 Å². The van der Waals surface area contributed by atoms with Crippen LogP contribution in [0.15, 0.2) is 55.1 Å². The molecule has 2 aromatic heterocycles. The minimum absolute atomic E-state index is 0.467. The lowest BCUT2D eigenvalue weighted by Gasteiger charge is -2.06. The van der Waals surface area contributed by atoms with Crippen LogP contribution in [-0.2, 0) is 0 Å². The van der Waals surface area contributed by atoms with Crippen LogP contribution < -0.4 is 5.32 Å². The van der Waals surface area contributed by atoms with Crippen molar-refractivity contribution < 1.29 is 0 Å². The third kappa shape index (κ3) is 2.89. The molecule has 0 aliphatic heterocycles. The molecule has 0 spiro atoms. The van der Waals surface area contributed by atoms with Crippen LogP contribution in [0.2, 0.25) is 5.02 Å². The smallest absolute Gasteiger partial charge is 0.230 e. The molecule has 0 radical (unpaired) electrons. The molecule has 0 aliphatic carbocycles. The number of halogens is 1. The van der Waals surface area contributed by atoms with E-state index in [1.165, 1.54) is 6.33 Å². The Kier molecular flexibility index (Phi) is 3.52. The molecule has 1 N–H and O–H groups in total. The van der Waals surface area contributed by atoms with Gasteiger partial charge in [-0.3, -0.25) is 4.98 Å². The van der Waals surface area contributed by atoms with Crippen LogP contribution in [0.5, 0.6) is 0 Å². The highest BCUT2D eigenvalue weighted by Crippen LogP contribution is 2.19. The molecule has 0 saturated carbocycles. The molecule has 5 nitrogen and oxygen atoms in total. The molecule has 0 amide bonds. The molecule has 0 unspecified atom stereocenters. The van der Waals surface area contributed by atoms with E-state index in [9.17, 15) is 0 Å². The SMILES string of the molecule is Clc1cccc(Nc2ncnc(-c3ccncc3)n2)c1. The van der Waals surface area contributed by atoms with Gasteiger partial charge in [-0.15, -0.1) is 0 Å². The lowest BCUT2D eigenvalue weighted by Crippen LogP contribution is -1.99. The molecule has 6 heteroatoms. The summed E-state index contributed by atoms with van der Waals surface area (Å²) in [6, 6.07) is 11.1. The van der Waals surface area contributed by atoms with Gasteiger partial charge in [0.1, 0.15) is 6.33 Å². The van der Waals surface area contributed by atoms with Gasteiger partial charge in [0.25, 0.3) is 0 Å². The van der Waals surface area contributed by atoms with E-state index in [2.05, 4.69) is 25.3 Å². The molecule has 0 fully saturated rings. The predicted octanol–water partition coefficient (Wildman–Crippen LogP) is 3.33. The predicted molar refractivity (Wildman–Crippen MR) is 77.8 cm³/mol. The monoisotopic (exact) mass is 283 g/mol. The van der Waals surface area contributed by atoms with Gasteiger partial charge in [0.2, 0.25) is 5.95 Å². The summed E-state index contributed by atoms with van der Waals surface area (Å²) in [5.74, 6) is 1.06. The van der Waals surface area contributed by atoms with Crippen LogP contribution in [0.25, 0.3) is 11.4 Å². The summed E-state index contributed by atoms with van der Waals surface area (Å²) in [5.41, 5.74) is 1.71. The van der Waals surface area contributed by atoms with Crippen molar-refractivity contribution in [1.29, 1.82) is 0 Å². The largest absolute Gasteiger partial charge is 0.324 e. The number of pyridine rings is 1. The van der Waals surface area contributed by atoms with Crippen LogP contribution in [0.1, 0.15) is 0 Å². The summed E-state index contributed by atoms with van der Waals surface area (Å²) in [5, 5.41) is 3.74. The summed E-state index contributed by atoms with van der Waals surface area (Å²) in [7, 11) is 0. The zero-order valence-corrected chi connectivity index (χ0v) is 11.1. The first kappa shape index (κ1) is 12.5. The average molecular weight is 284 g/mol. The van der Waals surface area contributed by atoms with Crippen molar-refractivity contribution in [2.24, 2.45) is 0 Å². The number of nitrogens with zero attached hydrogens (tertiary/aromatic N) is 4. The van der Waals surface area contributed by atoms with E-state index in [0.29, 0.717) is 16.8 Å². The maximum absolute atomic E-state index is 5.94. The topological polar surface area (TPSA) is 63.6 Å². The van der Waals surface area contributed by atoms with Gasteiger partial charge in [-0.1, -0.05) is 17.7 Å². The molecule has 2 heterocycles. The Morgan fingerprint density at radius 2 is 1.85 bits per heavy atom. The highest BCUT2D eigenvalue weighted by atomic mass is 35.5. The van der Waals surface area contributed by atoms with E-state index in [-0.39, 0.29) is 0 Å². The van der Waals surface area contributed by atoms with Crippen molar-refractivity contribution in [3.8, 4) is 11.4 Å². The number of benzene rings is 1. The van der Waals surface area contributed by atoms with E-state index in [4.69, 9.17) is 11.6 Å². The second-order valence-corrected chi connectivity index (χ2v) is 4.44. The van der Waals surface area contributed by atoms with Crippen molar-refractivity contribution in [2.75, 3.05) is 5.32 Å². The van der Waals surface area contributed by atoms with E-state index in [1.54, 1.807) is 18.5 Å². The van der Waals surface area contributed by atoms with Crippen LogP contribution >= 0.6 is 11.6 Å². The third-order valence-electron chi connectivity index (χ3n) is 2.59. The van der Waals surface area contributed by atoms with E-state index in [1.807, 2.05) is 30.3 Å². The third-order valence-corrected chi connectivity index (χ3v) is 2.83. The maximum atomic E-state index is 5.94.